The molecule has 17 heavy (non-hydrogen) atoms. The molecule has 2 heteroatoms. The van der Waals surface area contributed by atoms with Crippen LogP contribution in [0.25, 0.3) is 16.3 Å². The molecule has 0 amide bonds. The highest BCUT2D eigenvalue weighted by Crippen LogP contribution is 2.21. The van der Waals surface area contributed by atoms with E-state index >= 15 is 0 Å². The molecule has 0 aliphatic heterocycles. The van der Waals surface area contributed by atoms with Gasteiger partial charge in [-0.15, -0.1) is 0 Å². The van der Waals surface area contributed by atoms with Crippen LogP contribution in [0, 0.1) is 6.92 Å². The number of benzene rings is 2. The summed E-state index contributed by atoms with van der Waals surface area (Å²) in [6, 6.07) is 12.2. The highest BCUT2D eigenvalue weighted by atomic mass is 16.4. The van der Waals surface area contributed by atoms with E-state index in [0.29, 0.717) is 0 Å². The number of hydrogen-bond acceptors (Lipinski definition) is 1. The molecule has 0 spiro atoms. The summed E-state index contributed by atoms with van der Waals surface area (Å²) in [7, 11) is 0. The van der Waals surface area contributed by atoms with Crippen molar-refractivity contribution in [2.75, 3.05) is 0 Å². The Balaban J connectivity index is 2.52. The van der Waals surface area contributed by atoms with E-state index in [-0.39, 0.29) is 0 Å². The van der Waals surface area contributed by atoms with Crippen molar-refractivity contribution >= 4 is 22.3 Å². The second-order valence-electron chi connectivity index (χ2n) is 4.23. The van der Waals surface area contributed by atoms with Gasteiger partial charge < -0.3 is 5.11 Å². The number of aliphatic carboxylic acids is 1. The van der Waals surface area contributed by atoms with Crippen molar-refractivity contribution in [2.24, 2.45) is 0 Å². The zero-order valence-electron chi connectivity index (χ0n) is 9.90. The number of allylic oxidation sites excluding steroid dienone is 1. The summed E-state index contributed by atoms with van der Waals surface area (Å²) in [6.07, 6.45) is 1.23. The number of carboxylic acids is 1. The Kier molecular flexibility index (Phi) is 2.96. The molecule has 0 saturated carbocycles. The largest absolute Gasteiger partial charge is 0.478 e. The minimum atomic E-state index is -0.911. The van der Waals surface area contributed by atoms with Gasteiger partial charge in [-0.05, 0) is 41.8 Å². The normalized spacial score (nSPS) is 11.8. The average molecular weight is 226 g/mol. The summed E-state index contributed by atoms with van der Waals surface area (Å²) in [5.74, 6) is -0.911. The first-order valence-corrected chi connectivity index (χ1v) is 5.48. The lowest BCUT2D eigenvalue weighted by Gasteiger charge is -2.04. The van der Waals surface area contributed by atoms with Gasteiger partial charge in [0.2, 0.25) is 0 Å². The number of carbonyl (C=O) groups is 1. The first-order chi connectivity index (χ1) is 8.06. The fraction of sp³-hybridized carbons (Fsp3) is 0.133. The highest BCUT2D eigenvalue weighted by Gasteiger charge is 2.00. The Morgan fingerprint density at radius 3 is 2.47 bits per heavy atom. The van der Waals surface area contributed by atoms with Crippen LogP contribution in [0.4, 0.5) is 0 Å². The molecular formula is C15H14O2. The summed E-state index contributed by atoms with van der Waals surface area (Å²) in [6.45, 7) is 3.87. The summed E-state index contributed by atoms with van der Waals surface area (Å²) >= 11 is 0. The molecular weight excluding hydrogens is 212 g/mol. The van der Waals surface area contributed by atoms with Crippen LogP contribution in [0.5, 0.6) is 0 Å². The molecule has 0 aliphatic carbocycles. The number of fused-ring (bicyclic) bond motifs is 1. The molecule has 0 aromatic heterocycles. The zero-order chi connectivity index (χ0) is 12.4. The molecule has 0 aliphatic rings. The number of carboxylic acid groups (broad SMARTS) is 1. The summed E-state index contributed by atoms with van der Waals surface area (Å²) < 4.78 is 0. The molecule has 2 rings (SSSR count). The zero-order valence-corrected chi connectivity index (χ0v) is 9.90. The van der Waals surface area contributed by atoms with Crippen LogP contribution in [0.2, 0.25) is 0 Å². The first kappa shape index (κ1) is 11.4. The van der Waals surface area contributed by atoms with Gasteiger partial charge in [0.1, 0.15) is 0 Å². The van der Waals surface area contributed by atoms with Crippen molar-refractivity contribution in [2.45, 2.75) is 13.8 Å². The topological polar surface area (TPSA) is 37.3 Å². The Morgan fingerprint density at radius 2 is 1.76 bits per heavy atom. The molecule has 0 saturated heterocycles. The fourth-order valence-corrected chi connectivity index (χ4v) is 1.88. The fourth-order valence-electron chi connectivity index (χ4n) is 1.88. The van der Waals surface area contributed by atoms with Gasteiger partial charge in [-0.1, -0.05) is 35.9 Å². The van der Waals surface area contributed by atoms with E-state index in [2.05, 4.69) is 25.1 Å². The maximum atomic E-state index is 10.6. The third-order valence-electron chi connectivity index (χ3n) is 2.79. The SMILES string of the molecule is C/C(=C/C(=O)O)c1ccc2cc(C)ccc2c1. The number of rotatable bonds is 2. The highest BCUT2D eigenvalue weighted by molar-refractivity contribution is 5.92. The van der Waals surface area contributed by atoms with Crippen molar-refractivity contribution in [3.63, 3.8) is 0 Å². The van der Waals surface area contributed by atoms with Crippen molar-refractivity contribution in [3.8, 4) is 0 Å². The van der Waals surface area contributed by atoms with Crippen molar-refractivity contribution in [1.29, 1.82) is 0 Å². The lowest BCUT2D eigenvalue weighted by molar-refractivity contribution is -0.131. The van der Waals surface area contributed by atoms with Gasteiger partial charge in [-0.3, -0.25) is 0 Å². The number of aryl methyl sites for hydroxylation is 1. The van der Waals surface area contributed by atoms with E-state index < -0.39 is 5.97 Å². The predicted octanol–water partition coefficient (Wildman–Crippen LogP) is 3.64. The monoisotopic (exact) mass is 226 g/mol. The van der Waals surface area contributed by atoms with Crippen LogP contribution in [0.1, 0.15) is 18.1 Å². The van der Waals surface area contributed by atoms with Crippen molar-refractivity contribution in [3.05, 3.63) is 53.6 Å². The van der Waals surface area contributed by atoms with Crippen LogP contribution in [-0.4, -0.2) is 11.1 Å². The van der Waals surface area contributed by atoms with E-state index in [1.165, 1.54) is 17.0 Å². The Labute approximate surface area is 100 Å². The standard InChI is InChI=1S/C15H14O2/c1-10-3-4-14-9-12(5-6-13(14)7-10)11(2)8-15(16)17/h3-9H,1-2H3,(H,16,17)/b11-8-. The molecule has 2 aromatic rings. The van der Waals surface area contributed by atoms with E-state index in [1.807, 2.05) is 25.1 Å². The Hall–Kier alpha value is -2.09. The van der Waals surface area contributed by atoms with Gasteiger partial charge in [0.05, 0.1) is 0 Å². The van der Waals surface area contributed by atoms with Crippen LogP contribution in [-0.2, 0) is 4.79 Å². The quantitative estimate of drug-likeness (QED) is 0.794. The minimum Gasteiger partial charge on any atom is -0.478 e. The van der Waals surface area contributed by atoms with Crippen LogP contribution < -0.4 is 0 Å². The van der Waals surface area contributed by atoms with Crippen LogP contribution >= 0.6 is 0 Å². The van der Waals surface area contributed by atoms with Gasteiger partial charge in [0.25, 0.3) is 0 Å². The minimum absolute atomic E-state index is 0.764. The second kappa shape index (κ2) is 4.42. The van der Waals surface area contributed by atoms with E-state index in [0.717, 1.165) is 16.5 Å². The third-order valence-corrected chi connectivity index (χ3v) is 2.79. The molecule has 0 bridgehead atoms. The van der Waals surface area contributed by atoms with E-state index in [4.69, 9.17) is 5.11 Å². The van der Waals surface area contributed by atoms with Gasteiger partial charge in [-0.2, -0.15) is 0 Å². The summed E-state index contributed by atoms with van der Waals surface area (Å²) in [4.78, 5) is 10.6. The molecule has 0 unspecified atom stereocenters. The second-order valence-corrected chi connectivity index (χ2v) is 4.23. The summed E-state index contributed by atoms with van der Waals surface area (Å²) in [5.41, 5.74) is 2.94. The molecule has 2 aromatic carbocycles. The molecule has 2 nitrogen and oxygen atoms in total. The van der Waals surface area contributed by atoms with E-state index in [1.54, 1.807) is 0 Å². The molecule has 1 N–H and O–H groups in total. The molecule has 0 atom stereocenters. The van der Waals surface area contributed by atoms with Crippen molar-refractivity contribution in [1.82, 2.24) is 0 Å². The molecule has 0 radical (unpaired) electrons. The van der Waals surface area contributed by atoms with Gasteiger partial charge in [-0.25, -0.2) is 4.79 Å². The summed E-state index contributed by atoms with van der Waals surface area (Å²) in [5, 5.41) is 11.0. The smallest absolute Gasteiger partial charge is 0.328 e. The van der Waals surface area contributed by atoms with Gasteiger partial charge in [0, 0.05) is 6.08 Å². The Morgan fingerprint density at radius 1 is 1.12 bits per heavy atom. The lowest BCUT2D eigenvalue weighted by Crippen LogP contribution is -1.90. The lowest BCUT2D eigenvalue weighted by atomic mass is 10.0. The maximum absolute atomic E-state index is 10.6. The molecule has 0 heterocycles. The molecule has 86 valence electrons. The first-order valence-electron chi connectivity index (χ1n) is 5.48. The van der Waals surface area contributed by atoms with Crippen LogP contribution in [0.3, 0.4) is 0 Å². The average Bonchev–Trinajstić information content (AvgIpc) is 2.27. The van der Waals surface area contributed by atoms with E-state index in [9.17, 15) is 4.79 Å². The Bertz CT molecular complexity index is 609. The molecule has 0 fully saturated rings. The van der Waals surface area contributed by atoms with Crippen molar-refractivity contribution < 1.29 is 9.90 Å². The number of hydrogen-bond donors (Lipinski definition) is 1. The predicted molar refractivity (Wildman–Crippen MR) is 70.0 cm³/mol. The third kappa shape index (κ3) is 2.53. The maximum Gasteiger partial charge on any atom is 0.328 e. The van der Waals surface area contributed by atoms with Gasteiger partial charge >= 0.3 is 5.97 Å². The van der Waals surface area contributed by atoms with Gasteiger partial charge in [0.15, 0.2) is 0 Å². The van der Waals surface area contributed by atoms with Crippen LogP contribution in [0.15, 0.2) is 42.5 Å².